The number of hydrogen-bond acceptors (Lipinski definition) is 4. The van der Waals surface area contributed by atoms with Gasteiger partial charge in [0, 0.05) is 13.1 Å². The molecule has 0 spiro atoms. The van der Waals surface area contributed by atoms with Gasteiger partial charge in [-0.2, -0.15) is 5.10 Å². The van der Waals surface area contributed by atoms with Crippen LogP contribution in [0.3, 0.4) is 0 Å². The first kappa shape index (κ1) is 8.54. The predicted molar refractivity (Wildman–Crippen MR) is 44.4 cm³/mol. The molecule has 1 aromatic heterocycles. The maximum Gasteiger partial charge on any atom is 0.271 e. The topological polar surface area (TPSA) is 110 Å². The molecular formula is C6H11N5O. The van der Waals surface area contributed by atoms with Gasteiger partial charge in [0.15, 0.2) is 0 Å². The molecule has 0 aromatic carbocycles. The lowest BCUT2D eigenvalue weighted by Crippen LogP contribution is -2.29. The zero-order valence-corrected chi connectivity index (χ0v) is 6.50. The first-order chi connectivity index (χ1) is 5.75. The number of nitrogens with one attached hydrogen (secondary N) is 2. The van der Waals surface area contributed by atoms with Crippen molar-refractivity contribution in [1.29, 1.82) is 0 Å². The highest BCUT2D eigenvalue weighted by Crippen LogP contribution is 2.04. The standard InChI is InChI=1S/C6H11N5O/c7-1-2-9-6(12)5-4(8)3-10-11-5/h3H,1-2,7-8H2,(H,9,12)(H,10,11). The summed E-state index contributed by atoms with van der Waals surface area (Å²) >= 11 is 0. The van der Waals surface area contributed by atoms with Crippen LogP contribution in [0.2, 0.25) is 0 Å². The van der Waals surface area contributed by atoms with Gasteiger partial charge in [-0.1, -0.05) is 0 Å². The van der Waals surface area contributed by atoms with Crippen LogP contribution in [0.25, 0.3) is 0 Å². The number of carbonyl (C=O) groups excluding carboxylic acids is 1. The van der Waals surface area contributed by atoms with E-state index in [1.807, 2.05) is 0 Å². The van der Waals surface area contributed by atoms with E-state index in [-0.39, 0.29) is 11.6 Å². The van der Waals surface area contributed by atoms with Crippen LogP contribution in [0.5, 0.6) is 0 Å². The molecule has 0 aliphatic rings. The molecular weight excluding hydrogens is 158 g/mol. The van der Waals surface area contributed by atoms with E-state index in [1.54, 1.807) is 0 Å². The Labute approximate surface area is 69.3 Å². The number of nitrogens with two attached hydrogens (primary N) is 2. The second-order valence-electron chi connectivity index (χ2n) is 2.24. The first-order valence-electron chi connectivity index (χ1n) is 3.53. The van der Waals surface area contributed by atoms with E-state index in [2.05, 4.69) is 15.5 Å². The molecule has 0 fully saturated rings. The second-order valence-corrected chi connectivity index (χ2v) is 2.24. The number of carbonyl (C=O) groups is 1. The minimum Gasteiger partial charge on any atom is -0.396 e. The lowest BCUT2D eigenvalue weighted by molar-refractivity contribution is 0.0950. The van der Waals surface area contributed by atoms with Crippen molar-refractivity contribution in [3.05, 3.63) is 11.9 Å². The largest absolute Gasteiger partial charge is 0.396 e. The number of aromatic amines is 1. The summed E-state index contributed by atoms with van der Waals surface area (Å²) in [5.74, 6) is -0.282. The minimum atomic E-state index is -0.282. The molecule has 0 saturated carbocycles. The highest BCUT2D eigenvalue weighted by Gasteiger charge is 2.09. The summed E-state index contributed by atoms with van der Waals surface area (Å²) in [6.45, 7) is 0.830. The molecule has 0 aliphatic carbocycles. The third-order valence-electron chi connectivity index (χ3n) is 1.33. The molecule has 0 saturated heterocycles. The Hall–Kier alpha value is -1.56. The number of rotatable bonds is 3. The summed E-state index contributed by atoms with van der Waals surface area (Å²) < 4.78 is 0. The average molecular weight is 169 g/mol. The fourth-order valence-corrected chi connectivity index (χ4v) is 0.751. The SMILES string of the molecule is NCCNC(=O)c1[nH]ncc1N. The number of hydrogen-bond donors (Lipinski definition) is 4. The summed E-state index contributed by atoms with van der Waals surface area (Å²) in [5.41, 5.74) is 11.2. The quantitative estimate of drug-likeness (QED) is 0.449. The molecule has 0 radical (unpaired) electrons. The summed E-state index contributed by atoms with van der Waals surface area (Å²) in [6.07, 6.45) is 1.39. The molecule has 1 rings (SSSR count). The fourth-order valence-electron chi connectivity index (χ4n) is 0.751. The molecule has 12 heavy (non-hydrogen) atoms. The molecule has 1 amide bonds. The van der Waals surface area contributed by atoms with Crippen LogP contribution < -0.4 is 16.8 Å². The Kier molecular flexibility index (Phi) is 2.65. The highest BCUT2D eigenvalue weighted by molar-refractivity contribution is 5.96. The van der Waals surface area contributed by atoms with Gasteiger partial charge in [-0.15, -0.1) is 0 Å². The summed E-state index contributed by atoms with van der Waals surface area (Å²) in [7, 11) is 0. The Balaban J connectivity index is 2.59. The minimum absolute atomic E-state index is 0.281. The van der Waals surface area contributed by atoms with Crippen LogP contribution in [-0.2, 0) is 0 Å². The van der Waals surface area contributed by atoms with E-state index in [0.29, 0.717) is 18.8 Å². The van der Waals surface area contributed by atoms with Crippen LogP contribution in [0, 0.1) is 0 Å². The Morgan fingerprint density at radius 2 is 2.50 bits per heavy atom. The van der Waals surface area contributed by atoms with Crippen LogP contribution in [-0.4, -0.2) is 29.2 Å². The Bertz CT molecular complexity index is 269. The van der Waals surface area contributed by atoms with E-state index in [4.69, 9.17) is 11.5 Å². The number of amides is 1. The van der Waals surface area contributed by atoms with Gasteiger partial charge in [-0.3, -0.25) is 9.89 Å². The molecule has 66 valence electrons. The van der Waals surface area contributed by atoms with Gasteiger partial charge in [0.1, 0.15) is 5.69 Å². The molecule has 1 aromatic rings. The van der Waals surface area contributed by atoms with E-state index in [1.165, 1.54) is 6.20 Å². The van der Waals surface area contributed by atoms with Crippen molar-refractivity contribution in [3.8, 4) is 0 Å². The van der Waals surface area contributed by atoms with E-state index >= 15 is 0 Å². The number of nitrogens with zero attached hydrogens (tertiary/aromatic N) is 1. The molecule has 6 nitrogen and oxygen atoms in total. The monoisotopic (exact) mass is 169 g/mol. The maximum absolute atomic E-state index is 11.2. The molecule has 0 atom stereocenters. The fraction of sp³-hybridized carbons (Fsp3) is 0.333. The number of H-pyrrole nitrogens is 1. The smallest absolute Gasteiger partial charge is 0.271 e. The summed E-state index contributed by atoms with van der Waals surface area (Å²) in [5, 5.41) is 8.66. The molecule has 0 unspecified atom stereocenters. The van der Waals surface area contributed by atoms with Crippen molar-refractivity contribution in [3.63, 3.8) is 0 Å². The average Bonchev–Trinajstić information content (AvgIpc) is 2.47. The molecule has 6 heteroatoms. The second kappa shape index (κ2) is 3.72. The Morgan fingerprint density at radius 1 is 1.75 bits per heavy atom. The van der Waals surface area contributed by atoms with Crippen molar-refractivity contribution < 1.29 is 4.79 Å². The van der Waals surface area contributed by atoms with Crippen LogP contribution in [0.15, 0.2) is 6.20 Å². The van der Waals surface area contributed by atoms with Gasteiger partial charge in [-0.05, 0) is 0 Å². The normalized spacial score (nSPS) is 9.75. The van der Waals surface area contributed by atoms with Gasteiger partial charge in [0.2, 0.25) is 0 Å². The van der Waals surface area contributed by atoms with Crippen molar-refractivity contribution in [2.75, 3.05) is 18.8 Å². The van der Waals surface area contributed by atoms with Crippen LogP contribution >= 0.6 is 0 Å². The van der Waals surface area contributed by atoms with Crippen molar-refractivity contribution in [2.24, 2.45) is 5.73 Å². The van der Waals surface area contributed by atoms with E-state index < -0.39 is 0 Å². The van der Waals surface area contributed by atoms with Gasteiger partial charge in [0.25, 0.3) is 5.91 Å². The van der Waals surface area contributed by atoms with Crippen LogP contribution in [0.4, 0.5) is 5.69 Å². The van der Waals surface area contributed by atoms with E-state index in [0.717, 1.165) is 0 Å². The van der Waals surface area contributed by atoms with Gasteiger partial charge in [-0.25, -0.2) is 0 Å². The Morgan fingerprint density at radius 3 is 3.00 bits per heavy atom. The van der Waals surface area contributed by atoms with Crippen molar-refractivity contribution >= 4 is 11.6 Å². The number of aromatic nitrogens is 2. The molecule has 6 N–H and O–H groups in total. The third kappa shape index (κ3) is 1.73. The molecule has 0 aliphatic heterocycles. The zero-order chi connectivity index (χ0) is 8.97. The van der Waals surface area contributed by atoms with Crippen molar-refractivity contribution in [2.45, 2.75) is 0 Å². The highest BCUT2D eigenvalue weighted by atomic mass is 16.1. The number of anilines is 1. The van der Waals surface area contributed by atoms with Crippen LogP contribution in [0.1, 0.15) is 10.5 Å². The first-order valence-corrected chi connectivity index (χ1v) is 3.53. The lowest BCUT2D eigenvalue weighted by Gasteiger charge is -2.00. The summed E-state index contributed by atoms with van der Waals surface area (Å²) in [6, 6.07) is 0. The third-order valence-corrected chi connectivity index (χ3v) is 1.33. The maximum atomic E-state index is 11.2. The predicted octanol–water partition coefficient (Wildman–Crippen LogP) is -1.32. The summed E-state index contributed by atoms with van der Waals surface area (Å²) in [4.78, 5) is 11.2. The molecule has 0 bridgehead atoms. The van der Waals surface area contributed by atoms with Gasteiger partial charge >= 0.3 is 0 Å². The van der Waals surface area contributed by atoms with Gasteiger partial charge in [0.05, 0.1) is 11.9 Å². The molecule has 1 heterocycles. The van der Waals surface area contributed by atoms with Gasteiger partial charge < -0.3 is 16.8 Å². The zero-order valence-electron chi connectivity index (χ0n) is 6.50. The van der Waals surface area contributed by atoms with E-state index in [9.17, 15) is 4.79 Å². The van der Waals surface area contributed by atoms with Crippen molar-refractivity contribution in [1.82, 2.24) is 15.5 Å². The lowest BCUT2D eigenvalue weighted by atomic mass is 10.3. The number of nitrogen functional groups attached to an aromatic ring is 1.